The fraction of sp³-hybridized carbons (Fsp3) is 0.458. The average Bonchev–Trinajstić information content (AvgIpc) is 3.40. The number of benzene rings is 1. The lowest BCUT2D eigenvalue weighted by Crippen LogP contribution is -2.49. The molecule has 2 saturated heterocycles. The van der Waals surface area contributed by atoms with E-state index >= 15 is 0 Å². The predicted molar refractivity (Wildman–Crippen MR) is 118 cm³/mol. The molecule has 1 aromatic carbocycles. The van der Waals surface area contributed by atoms with Crippen LogP contribution in [-0.4, -0.2) is 58.4 Å². The molecule has 2 aromatic rings. The zero-order valence-electron chi connectivity index (χ0n) is 19.2. The first-order chi connectivity index (χ1) is 16.0. The number of pyridine rings is 1. The molecule has 2 aliphatic rings. The van der Waals surface area contributed by atoms with Crippen LogP contribution in [0.2, 0.25) is 0 Å². The molecule has 0 aliphatic carbocycles. The summed E-state index contributed by atoms with van der Waals surface area (Å²) in [6, 6.07) is 6.14. The number of carbonyl (C=O) groups excluding carboxylic acids is 2. The summed E-state index contributed by atoms with van der Waals surface area (Å²) in [6.07, 6.45) is -2.71. The van der Waals surface area contributed by atoms with Crippen molar-refractivity contribution in [3.8, 4) is 5.75 Å². The van der Waals surface area contributed by atoms with Gasteiger partial charge in [0.1, 0.15) is 11.4 Å². The van der Waals surface area contributed by atoms with Gasteiger partial charge in [0.15, 0.2) is 6.61 Å². The van der Waals surface area contributed by atoms with Crippen molar-refractivity contribution in [1.82, 2.24) is 14.8 Å². The second-order valence-corrected chi connectivity index (χ2v) is 8.96. The first kappa shape index (κ1) is 24.0. The minimum absolute atomic E-state index is 0.00168. The molecule has 3 heterocycles. The summed E-state index contributed by atoms with van der Waals surface area (Å²) >= 11 is 0. The molecule has 0 spiro atoms. The summed E-state index contributed by atoms with van der Waals surface area (Å²) < 4.78 is 43.8. The highest BCUT2D eigenvalue weighted by atomic mass is 19.4. The maximum absolute atomic E-state index is 12.9. The third-order valence-electron chi connectivity index (χ3n) is 6.94. The van der Waals surface area contributed by atoms with E-state index in [1.807, 2.05) is 26.0 Å². The van der Waals surface area contributed by atoms with Gasteiger partial charge in [-0.05, 0) is 62.1 Å². The Morgan fingerprint density at radius 1 is 1.15 bits per heavy atom. The van der Waals surface area contributed by atoms with Crippen LogP contribution in [0, 0.1) is 13.8 Å². The molecule has 2 amide bonds. The van der Waals surface area contributed by atoms with E-state index in [-0.39, 0.29) is 36.2 Å². The number of ether oxygens (including phenoxy) is 1. The molecule has 3 atom stereocenters. The Bertz CT molecular complexity index is 1100. The number of nitrogens with two attached hydrogens (primary N) is 1. The number of carbonyl (C=O) groups is 2. The molecule has 10 heteroatoms. The van der Waals surface area contributed by atoms with Crippen LogP contribution in [0.25, 0.3) is 0 Å². The molecule has 4 rings (SSSR count). The highest BCUT2D eigenvalue weighted by molar-refractivity contribution is 5.94. The van der Waals surface area contributed by atoms with Gasteiger partial charge in [-0.2, -0.15) is 13.2 Å². The van der Waals surface area contributed by atoms with Crippen LogP contribution in [0.3, 0.4) is 0 Å². The van der Waals surface area contributed by atoms with Gasteiger partial charge >= 0.3 is 6.18 Å². The van der Waals surface area contributed by atoms with Gasteiger partial charge in [0.25, 0.3) is 11.8 Å². The van der Waals surface area contributed by atoms with E-state index in [9.17, 15) is 22.8 Å². The summed E-state index contributed by atoms with van der Waals surface area (Å²) in [4.78, 5) is 31.5. The highest BCUT2D eigenvalue weighted by Crippen LogP contribution is 2.39. The van der Waals surface area contributed by atoms with E-state index in [0.29, 0.717) is 18.8 Å². The fourth-order valence-corrected chi connectivity index (χ4v) is 5.03. The van der Waals surface area contributed by atoms with Crippen LogP contribution < -0.4 is 10.5 Å². The molecule has 0 radical (unpaired) electrons. The Kier molecular flexibility index (Phi) is 6.28. The van der Waals surface area contributed by atoms with Crippen LogP contribution in [0.4, 0.5) is 13.2 Å². The molecular formula is C24H27F3N4O3. The Morgan fingerprint density at radius 2 is 1.88 bits per heavy atom. The Hall–Kier alpha value is -3.14. The molecule has 1 aromatic heterocycles. The number of aromatic nitrogens is 1. The quantitative estimate of drug-likeness (QED) is 0.692. The highest BCUT2D eigenvalue weighted by Gasteiger charge is 2.47. The van der Waals surface area contributed by atoms with Crippen molar-refractivity contribution in [2.75, 3.05) is 19.7 Å². The number of amides is 2. The number of primary amides is 1. The van der Waals surface area contributed by atoms with Crippen molar-refractivity contribution in [3.05, 3.63) is 58.4 Å². The number of rotatable bonds is 6. The molecule has 2 N–H and O–H groups in total. The number of likely N-dealkylation sites (tertiary alicyclic amines) is 2. The Labute approximate surface area is 195 Å². The number of piperazine rings is 1. The number of hydrogen-bond donors (Lipinski definition) is 1. The molecular weight excluding hydrogens is 449 g/mol. The van der Waals surface area contributed by atoms with E-state index in [4.69, 9.17) is 10.5 Å². The second kappa shape index (κ2) is 8.90. The van der Waals surface area contributed by atoms with Crippen molar-refractivity contribution in [1.29, 1.82) is 0 Å². The molecule has 7 nitrogen and oxygen atoms in total. The van der Waals surface area contributed by atoms with E-state index in [1.54, 1.807) is 4.90 Å². The minimum atomic E-state index is -4.53. The molecule has 182 valence electrons. The van der Waals surface area contributed by atoms with Gasteiger partial charge in [-0.25, -0.2) is 0 Å². The lowest BCUT2D eigenvalue weighted by atomic mass is 9.96. The Morgan fingerprint density at radius 3 is 2.44 bits per heavy atom. The van der Waals surface area contributed by atoms with Crippen LogP contribution in [0.5, 0.6) is 5.75 Å². The van der Waals surface area contributed by atoms with Crippen molar-refractivity contribution in [2.24, 2.45) is 5.73 Å². The first-order valence-corrected chi connectivity index (χ1v) is 11.1. The standard InChI is InChI=1S/C24H27F3N4O3/c1-13-14(2)20(34-12-22(28)32)6-5-19(13)15(3)30-10-18-8-17(30)11-31(18)23(33)16-4-7-21(29-9-16)24(25,26)27/h4-7,9,15,17-18H,8,10-12H2,1-3H3,(H2,28,32)/t15-,17+,18+/m0/s1. The monoisotopic (exact) mass is 476 g/mol. The maximum Gasteiger partial charge on any atom is 0.433 e. The molecule has 34 heavy (non-hydrogen) atoms. The van der Waals surface area contributed by atoms with Gasteiger partial charge in [-0.1, -0.05) is 6.07 Å². The average molecular weight is 476 g/mol. The van der Waals surface area contributed by atoms with E-state index in [2.05, 4.69) is 16.8 Å². The third kappa shape index (κ3) is 4.46. The largest absolute Gasteiger partial charge is 0.484 e. The number of hydrogen-bond acceptors (Lipinski definition) is 5. The molecule has 2 bridgehead atoms. The number of nitrogens with zero attached hydrogens (tertiary/aromatic N) is 3. The Balaban J connectivity index is 1.44. The van der Waals surface area contributed by atoms with Gasteiger partial charge in [0, 0.05) is 37.4 Å². The lowest BCUT2D eigenvalue weighted by molar-refractivity contribution is -0.141. The second-order valence-electron chi connectivity index (χ2n) is 8.96. The van der Waals surface area contributed by atoms with E-state index < -0.39 is 17.8 Å². The number of alkyl halides is 3. The lowest BCUT2D eigenvalue weighted by Gasteiger charge is -2.38. The molecule has 0 saturated carbocycles. The predicted octanol–water partition coefficient (Wildman–Crippen LogP) is 3.24. The molecule has 0 unspecified atom stereocenters. The van der Waals surface area contributed by atoms with Crippen LogP contribution >= 0.6 is 0 Å². The summed E-state index contributed by atoms with van der Waals surface area (Å²) in [7, 11) is 0. The topological polar surface area (TPSA) is 88.8 Å². The number of fused-ring (bicyclic) bond motifs is 2. The molecule has 2 aliphatic heterocycles. The van der Waals surface area contributed by atoms with E-state index in [0.717, 1.165) is 35.4 Å². The SMILES string of the molecule is Cc1c(OCC(N)=O)ccc([C@H](C)N2C[C@H]3C[C@@H]2CN3C(=O)c2ccc(C(F)(F)F)nc2)c1C. The van der Waals surface area contributed by atoms with Gasteiger partial charge in [-0.15, -0.1) is 0 Å². The van der Waals surface area contributed by atoms with Crippen molar-refractivity contribution >= 4 is 11.8 Å². The number of halogens is 3. The first-order valence-electron chi connectivity index (χ1n) is 11.1. The summed E-state index contributed by atoms with van der Waals surface area (Å²) in [5, 5.41) is 0. The summed E-state index contributed by atoms with van der Waals surface area (Å²) in [5.74, 6) is -0.199. The van der Waals surface area contributed by atoms with Gasteiger partial charge in [0.05, 0.1) is 5.56 Å². The third-order valence-corrected chi connectivity index (χ3v) is 6.94. The van der Waals surface area contributed by atoms with Gasteiger partial charge in [-0.3, -0.25) is 19.5 Å². The fourth-order valence-electron chi connectivity index (χ4n) is 5.03. The molecule has 2 fully saturated rings. The zero-order chi connectivity index (χ0) is 24.8. The zero-order valence-corrected chi connectivity index (χ0v) is 19.2. The minimum Gasteiger partial charge on any atom is -0.484 e. The van der Waals surface area contributed by atoms with Crippen LogP contribution in [-0.2, 0) is 11.0 Å². The summed E-state index contributed by atoms with van der Waals surface area (Å²) in [6.45, 7) is 7.11. The smallest absolute Gasteiger partial charge is 0.433 e. The maximum atomic E-state index is 12.9. The van der Waals surface area contributed by atoms with Crippen LogP contribution in [0.15, 0.2) is 30.5 Å². The normalized spacial score (nSPS) is 21.1. The van der Waals surface area contributed by atoms with Crippen LogP contribution in [0.1, 0.15) is 52.1 Å². The van der Waals surface area contributed by atoms with Crippen molar-refractivity contribution in [2.45, 2.75) is 51.5 Å². The van der Waals surface area contributed by atoms with Crippen molar-refractivity contribution < 1.29 is 27.5 Å². The van der Waals surface area contributed by atoms with Gasteiger partial charge in [0.2, 0.25) is 0 Å². The van der Waals surface area contributed by atoms with E-state index in [1.165, 1.54) is 6.07 Å². The van der Waals surface area contributed by atoms with Gasteiger partial charge < -0.3 is 15.4 Å². The summed E-state index contributed by atoms with van der Waals surface area (Å²) in [5.41, 5.74) is 7.48. The van der Waals surface area contributed by atoms with Crippen molar-refractivity contribution in [3.63, 3.8) is 0 Å².